The number of benzene rings is 2. The van der Waals surface area contributed by atoms with E-state index in [1.807, 2.05) is 0 Å². The van der Waals surface area contributed by atoms with Crippen LogP contribution in [-0.2, 0) is 20.8 Å². The number of amides is 1. The van der Waals surface area contributed by atoms with E-state index in [4.69, 9.17) is 16.3 Å². The maximum Gasteiger partial charge on any atom is 0.417 e. The molecule has 10 heteroatoms. The summed E-state index contributed by atoms with van der Waals surface area (Å²) in [5.41, 5.74) is -1.22. The number of hydrogen-bond acceptors (Lipinski definition) is 4. The molecule has 0 saturated carbocycles. The fourth-order valence-electron chi connectivity index (χ4n) is 2.17. The van der Waals surface area contributed by atoms with E-state index in [9.17, 15) is 26.4 Å². The number of methoxy groups -OCH3 is 1. The molecule has 0 unspecified atom stereocenters. The summed E-state index contributed by atoms with van der Waals surface area (Å²) in [6.45, 7) is 0. The third-order valence-electron chi connectivity index (χ3n) is 3.57. The molecule has 0 radical (unpaired) electrons. The number of carbonyl (C=O) groups excluding carboxylic acids is 1. The van der Waals surface area contributed by atoms with Gasteiger partial charge in [0.25, 0.3) is 0 Å². The van der Waals surface area contributed by atoms with Crippen molar-refractivity contribution < 1.29 is 31.1 Å². The Balaban J connectivity index is 2.03. The van der Waals surface area contributed by atoms with Crippen LogP contribution in [0.3, 0.4) is 0 Å². The summed E-state index contributed by atoms with van der Waals surface area (Å²) in [4.78, 5) is 11.9. The molecule has 0 aromatic heterocycles. The van der Waals surface area contributed by atoms with Gasteiger partial charge in [-0.3, -0.25) is 4.79 Å². The van der Waals surface area contributed by atoms with Gasteiger partial charge in [0, 0.05) is 12.1 Å². The molecule has 2 rings (SSSR count). The van der Waals surface area contributed by atoms with E-state index in [1.165, 1.54) is 37.4 Å². The molecular formula is C17H15ClF3NO4S. The average Bonchev–Trinajstić information content (AvgIpc) is 2.61. The first-order valence-electron chi connectivity index (χ1n) is 7.56. The molecule has 0 spiro atoms. The van der Waals surface area contributed by atoms with Crippen LogP contribution in [0.25, 0.3) is 0 Å². The van der Waals surface area contributed by atoms with Crippen LogP contribution in [0.4, 0.5) is 18.9 Å². The van der Waals surface area contributed by atoms with Crippen molar-refractivity contribution in [2.24, 2.45) is 0 Å². The Hall–Kier alpha value is -2.26. The lowest BCUT2D eigenvalue weighted by molar-refractivity contribution is -0.137. The van der Waals surface area contributed by atoms with Gasteiger partial charge in [0.2, 0.25) is 5.91 Å². The second kappa shape index (κ2) is 8.18. The summed E-state index contributed by atoms with van der Waals surface area (Å²) in [7, 11) is -2.29. The number of alkyl halides is 3. The summed E-state index contributed by atoms with van der Waals surface area (Å²) in [6, 6.07) is 8.54. The highest BCUT2D eigenvalue weighted by Gasteiger charge is 2.33. The first-order chi connectivity index (χ1) is 12.5. The van der Waals surface area contributed by atoms with Crippen LogP contribution in [0.15, 0.2) is 47.4 Å². The zero-order chi connectivity index (χ0) is 20.2. The minimum Gasteiger partial charge on any atom is -0.497 e. The number of carbonyl (C=O) groups is 1. The molecule has 0 heterocycles. The predicted molar refractivity (Wildman–Crippen MR) is 94.7 cm³/mol. The highest BCUT2D eigenvalue weighted by Crippen LogP contribution is 2.36. The van der Waals surface area contributed by atoms with Gasteiger partial charge in [-0.05, 0) is 42.5 Å². The number of hydrogen-bond donors (Lipinski definition) is 1. The monoisotopic (exact) mass is 421 g/mol. The van der Waals surface area contributed by atoms with Gasteiger partial charge < -0.3 is 10.1 Å². The van der Waals surface area contributed by atoms with Gasteiger partial charge >= 0.3 is 6.18 Å². The van der Waals surface area contributed by atoms with Gasteiger partial charge in [0.05, 0.1) is 28.3 Å². The van der Waals surface area contributed by atoms with E-state index < -0.39 is 44.7 Å². The van der Waals surface area contributed by atoms with Crippen LogP contribution in [0.1, 0.15) is 12.0 Å². The summed E-state index contributed by atoms with van der Waals surface area (Å²) in [5.74, 6) is -0.748. The fourth-order valence-corrected chi connectivity index (χ4v) is 3.64. The quantitative estimate of drug-likeness (QED) is 0.759. The van der Waals surface area contributed by atoms with Crippen LogP contribution in [0.5, 0.6) is 5.75 Å². The lowest BCUT2D eigenvalue weighted by Gasteiger charge is -2.12. The molecule has 0 aliphatic carbocycles. The lowest BCUT2D eigenvalue weighted by Crippen LogP contribution is -2.18. The lowest BCUT2D eigenvalue weighted by atomic mass is 10.2. The number of ether oxygens (including phenoxy) is 1. The largest absolute Gasteiger partial charge is 0.497 e. The molecule has 1 N–H and O–H groups in total. The van der Waals surface area contributed by atoms with E-state index in [0.717, 1.165) is 6.07 Å². The molecule has 1 amide bonds. The van der Waals surface area contributed by atoms with E-state index in [-0.39, 0.29) is 10.6 Å². The molecule has 0 atom stereocenters. The summed E-state index contributed by atoms with van der Waals surface area (Å²) in [6.07, 6.45) is -5.09. The van der Waals surface area contributed by atoms with Crippen molar-refractivity contribution in [3.05, 3.63) is 53.1 Å². The van der Waals surface area contributed by atoms with Crippen LogP contribution < -0.4 is 10.1 Å². The van der Waals surface area contributed by atoms with Crippen molar-refractivity contribution in [2.75, 3.05) is 18.2 Å². The van der Waals surface area contributed by atoms with Crippen molar-refractivity contribution in [3.8, 4) is 5.75 Å². The normalized spacial score (nSPS) is 11.9. The zero-order valence-corrected chi connectivity index (χ0v) is 15.6. The summed E-state index contributed by atoms with van der Waals surface area (Å²) < 4.78 is 67.9. The van der Waals surface area contributed by atoms with E-state index in [2.05, 4.69) is 5.32 Å². The van der Waals surface area contributed by atoms with Crippen molar-refractivity contribution >= 4 is 33.0 Å². The number of halogens is 4. The molecule has 0 saturated heterocycles. The van der Waals surface area contributed by atoms with Crippen molar-refractivity contribution in [2.45, 2.75) is 17.5 Å². The van der Waals surface area contributed by atoms with Gasteiger partial charge in [-0.1, -0.05) is 11.6 Å². The Morgan fingerprint density at radius 2 is 1.78 bits per heavy atom. The fraction of sp³-hybridized carbons (Fsp3) is 0.235. The van der Waals surface area contributed by atoms with E-state index in [0.29, 0.717) is 11.8 Å². The Bertz CT molecular complexity index is 928. The minimum atomic E-state index is -4.67. The number of anilines is 1. The van der Waals surface area contributed by atoms with Crippen molar-refractivity contribution in [1.82, 2.24) is 0 Å². The molecule has 146 valence electrons. The van der Waals surface area contributed by atoms with Crippen LogP contribution in [-0.4, -0.2) is 27.2 Å². The van der Waals surface area contributed by atoms with E-state index in [1.54, 1.807) is 0 Å². The van der Waals surface area contributed by atoms with Crippen LogP contribution in [0, 0.1) is 0 Å². The Labute approximate surface area is 159 Å². The highest BCUT2D eigenvalue weighted by molar-refractivity contribution is 7.91. The van der Waals surface area contributed by atoms with Crippen LogP contribution in [0.2, 0.25) is 5.02 Å². The van der Waals surface area contributed by atoms with Gasteiger partial charge in [-0.15, -0.1) is 0 Å². The van der Waals surface area contributed by atoms with Crippen LogP contribution >= 0.6 is 11.6 Å². The number of nitrogens with one attached hydrogen (secondary N) is 1. The predicted octanol–water partition coefficient (Wildman–Crippen LogP) is 4.17. The smallest absolute Gasteiger partial charge is 0.417 e. The molecule has 0 aliphatic rings. The van der Waals surface area contributed by atoms with Crippen molar-refractivity contribution in [3.63, 3.8) is 0 Å². The average molecular weight is 422 g/mol. The maximum atomic E-state index is 12.8. The SMILES string of the molecule is COc1ccc(S(=O)(=O)CCC(=O)Nc2ccc(Cl)c(C(F)(F)F)c2)cc1. The highest BCUT2D eigenvalue weighted by atomic mass is 35.5. The second-order valence-electron chi connectivity index (χ2n) is 5.48. The van der Waals surface area contributed by atoms with E-state index >= 15 is 0 Å². The molecule has 2 aromatic rings. The Morgan fingerprint density at radius 3 is 2.33 bits per heavy atom. The van der Waals surface area contributed by atoms with Gasteiger partial charge in [0.15, 0.2) is 9.84 Å². The summed E-state index contributed by atoms with van der Waals surface area (Å²) >= 11 is 5.51. The van der Waals surface area contributed by atoms with Gasteiger partial charge in [0.1, 0.15) is 5.75 Å². The first kappa shape index (κ1) is 21.0. The topological polar surface area (TPSA) is 72.5 Å². The molecule has 27 heavy (non-hydrogen) atoms. The van der Waals surface area contributed by atoms with Gasteiger partial charge in [-0.25, -0.2) is 8.42 Å². The maximum absolute atomic E-state index is 12.8. The molecule has 5 nitrogen and oxygen atoms in total. The number of rotatable bonds is 6. The molecule has 2 aromatic carbocycles. The zero-order valence-electron chi connectivity index (χ0n) is 14.0. The van der Waals surface area contributed by atoms with Crippen molar-refractivity contribution in [1.29, 1.82) is 0 Å². The second-order valence-corrected chi connectivity index (χ2v) is 8.00. The molecule has 0 bridgehead atoms. The third-order valence-corrected chi connectivity index (χ3v) is 5.63. The van der Waals surface area contributed by atoms with Gasteiger partial charge in [-0.2, -0.15) is 13.2 Å². The third kappa shape index (κ3) is 5.61. The molecular weight excluding hydrogens is 407 g/mol. The molecule has 0 fully saturated rings. The Morgan fingerprint density at radius 1 is 1.15 bits per heavy atom. The Kier molecular flexibility index (Phi) is 6.38. The molecule has 0 aliphatic heterocycles. The number of sulfone groups is 1. The standard InChI is InChI=1S/C17H15ClF3NO4S/c1-26-12-3-5-13(6-4-12)27(24,25)9-8-16(23)22-11-2-7-15(18)14(10-11)17(19,20)21/h2-7,10H,8-9H2,1H3,(H,22,23). The minimum absolute atomic E-state index is 0.0157. The summed E-state index contributed by atoms with van der Waals surface area (Å²) in [5, 5.41) is 1.74. The first-order valence-corrected chi connectivity index (χ1v) is 9.59.